The molecule has 7 rings (SSSR count). The summed E-state index contributed by atoms with van der Waals surface area (Å²) in [5.41, 5.74) is 3.22. The van der Waals surface area contributed by atoms with E-state index >= 15 is 0 Å². The fourth-order valence-corrected chi connectivity index (χ4v) is 5.92. The van der Waals surface area contributed by atoms with E-state index in [1.165, 1.54) is 0 Å². The lowest BCUT2D eigenvalue weighted by Crippen LogP contribution is -2.47. The van der Waals surface area contributed by atoms with Gasteiger partial charge < -0.3 is 24.6 Å². The molecule has 8 heteroatoms. The number of hydrogen-bond donors (Lipinski definition) is 1. The third-order valence-corrected chi connectivity index (χ3v) is 8.16. The van der Waals surface area contributed by atoms with Crippen LogP contribution in [0.3, 0.4) is 0 Å². The molecule has 4 aliphatic heterocycles. The zero-order chi connectivity index (χ0) is 26.1. The number of ether oxygens (including phenoxy) is 2. The molecule has 3 amide bonds. The van der Waals surface area contributed by atoms with E-state index in [2.05, 4.69) is 11.4 Å². The minimum atomic E-state index is -0.230. The Morgan fingerprint density at radius 2 is 1.66 bits per heavy atom. The van der Waals surface area contributed by atoms with Crippen LogP contribution in [0.1, 0.15) is 54.8 Å². The SMILES string of the molecule is O=C1COc2ccc3c(c2)CCN(C(=O)C2CCN(C(=O)C4CC4)CC2)C3c2cccc(c2)OCCCN1. The molecule has 0 aromatic heterocycles. The third kappa shape index (κ3) is 5.22. The first-order chi connectivity index (χ1) is 18.6. The van der Waals surface area contributed by atoms with Crippen LogP contribution in [0.25, 0.3) is 0 Å². The third-order valence-electron chi connectivity index (χ3n) is 8.16. The van der Waals surface area contributed by atoms with Gasteiger partial charge in [-0.1, -0.05) is 18.2 Å². The fraction of sp³-hybridized carbons (Fsp3) is 0.500. The summed E-state index contributed by atoms with van der Waals surface area (Å²) in [7, 11) is 0. The Morgan fingerprint density at radius 3 is 2.47 bits per heavy atom. The second kappa shape index (κ2) is 10.7. The zero-order valence-electron chi connectivity index (χ0n) is 21.7. The Morgan fingerprint density at radius 1 is 0.868 bits per heavy atom. The number of fused-ring (bicyclic) bond motifs is 8. The maximum Gasteiger partial charge on any atom is 0.257 e. The quantitative estimate of drug-likeness (QED) is 0.662. The van der Waals surface area contributed by atoms with Crippen molar-refractivity contribution in [1.29, 1.82) is 0 Å². The van der Waals surface area contributed by atoms with Gasteiger partial charge in [-0.15, -0.1) is 0 Å². The van der Waals surface area contributed by atoms with Crippen LogP contribution in [0.5, 0.6) is 11.5 Å². The smallest absolute Gasteiger partial charge is 0.257 e. The highest BCUT2D eigenvalue weighted by Crippen LogP contribution is 2.40. The molecule has 2 aromatic rings. The lowest BCUT2D eigenvalue weighted by atomic mass is 9.85. The van der Waals surface area contributed by atoms with E-state index in [0.717, 1.165) is 41.7 Å². The Balaban J connectivity index is 1.28. The van der Waals surface area contributed by atoms with E-state index in [4.69, 9.17) is 9.47 Å². The Labute approximate surface area is 223 Å². The predicted molar refractivity (Wildman–Crippen MR) is 141 cm³/mol. The van der Waals surface area contributed by atoms with Crippen LogP contribution in [0, 0.1) is 11.8 Å². The zero-order valence-corrected chi connectivity index (χ0v) is 21.7. The molecular formula is C30H35N3O5. The molecule has 1 unspecified atom stereocenters. The normalized spacial score (nSPS) is 22.3. The van der Waals surface area contributed by atoms with Gasteiger partial charge in [0.05, 0.1) is 12.6 Å². The minimum absolute atomic E-state index is 0.0331. The van der Waals surface area contributed by atoms with Gasteiger partial charge in [-0.05, 0) is 79.5 Å². The van der Waals surface area contributed by atoms with Gasteiger partial charge >= 0.3 is 0 Å². The van der Waals surface area contributed by atoms with Crippen LogP contribution in [0.2, 0.25) is 0 Å². The summed E-state index contributed by atoms with van der Waals surface area (Å²) in [6.07, 6.45) is 4.85. The van der Waals surface area contributed by atoms with Gasteiger partial charge in [0, 0.05) is 38.0 Å². The summed E-state index contributed by atoms with van der Waals surface area (Å²) in [4.78, 5) is 42.7. The average Bonchev–Trinajstić information content (AvgIpc) is 3.80. The number of likely N-dealkylation sites (tertiary alicyclic amines) is 1. The topological polar surface area (TPSA) is 88.2 Å². The molecular weight excluding hydrogens is 482 g/mol. The number of rotatable bonds is 2. The summed E-state index contributed by atoms with van der Waals surface area (Å²) in [6.45, 7) is 2.90. The molecule has 1 saturated carbocycles. The van der Waals surface area contributed by atoms with Crippen LogP contribution in [-0.2, 0) is 20.8 Å². The number of piperidine rings is 1. The number of amides is 3. The summed E-state index contributed by atoms with van der Waals surface area (Å²) >= 11 is 0. The molecule has 5 aliphatic rings. The molecule has 8 nitrogen and oxygen atoms in total. The Hall–Kier alpha value is -3.55. The van der Waals surface area contributed by atoms with Gasteiger partial charge in [0.15, 0.2) is 6.61 Å². The summed E-state index contributed by atoms with van der Waals surface area (Å²) in [5.74, 6) is 1.83. The van der Waals surface area contributed by atoms with Crippen molar-refractivity contribution in [3.63, 3.8) is 0 Å². The largest absolute Gasteiger partial charge is 0.494 e. The van der Waals surface area contributed by atoms with Crippen LogP contribution < -0.4 is 14.8 Å². The monoisotopic (exact) mass is 517 g/mol. The molecule has 2 aromatic carbocycles. The number of nitrogens with one attached hydrogen (secondary N) is 1. The van der Waals surface area contributed by atoms with Gasteiger partial charge in [0.25, 0.3) is 5.91 Å². The molecule has 38 heavy (non-hydrogen) atoms. The molecule has 4 heterocycles. The van der Waals surface area contributed by atoms with Gasteiger partial charge in [-0.2, -0.15) is 0 Å². The first-order valence-electron chi connectivity index (χ1n) is 13.9. The molecule has 1 atom stereocenters. The van der Waals surface area contributed by atoms with Crippen LogP contribution in [-0.4, -0.2) is 66.9 Å². The van der Waals surface area contributed by atoms with Crippen LogP contribution >= 0.6 is 0 Å². The number of benzene rings is 2. The second-order valence-electron chi connectivity index (χ2n) is 10.8. The predicted octanol–water partition coefficient (Wildman–Crippen LogP) is 3.09. The van der Waals surface area contributed by atoms with E-state index in [1.54, 1.807) is 0 Å². The van der Waals surface area contributed by atoms with E-state index in [9.17, 15) is 14.4 Å². The molecule has 6 bridgehead atoms. The standard InChI is InChI=1S/C30H35N3O5/c34-27-19-38-25-7-8-26-22(17-25)11-15-33(28(26)23-3-1-4-24(18-23)37-16-2-12-31-27)30(36)21-9-13-32(14-10-21)29(35)20-5-6-20/h1,3-4,7-8,17-18,20-21,28H,2,5-6,9-16,19H2,(H,31,34). The van der Waals surface area contributed by atoms with Gasteiger partial charge in [-0.3, -0.25) is 14.4 Å². The van der Waals surface area contributed by atoms with Crippen molar-refractivity contribution in [2.45, 2.75) is 44.6 Å². The van der Waals surface area contributed by atoms with E-state index in [-0.39, 0.29) is 42.2 Å². The molecule has 0 radical (unpaired) electrons. The number of carbonyl (C=O) groups is 3. The number of hydrogen-bond acceptors (Lipinski definition) is 5. The van der Waals surface area contributed by atoms with Crippen molar-refractivity contribution in [2.75, 3.05) is 39.4 Å². The number of nitrogens with zero attached hydrogens (tertiary/aromatic N) is 2. The van der Waals surface area contributed by atoms with E-state index < -0.39 is 0 Å². The van der Waals surface area contributed by atoms with Crippen LogP contribution in [0.4, 0.5) is 0 Å². The highest BCUT2D eigenvalue weighted by Gasteiger charge is 2.39. The Kier molecular flexibility index (Phi) is 6.96. The maximum absolute atomic E-state index is 14.0. The maximum atomic E-state index is 14.0. The van der Waals surface area contributed by atoms with E-state index in [1.807, 2.05) is 46.2 Å². The summed E-state index contributed by atoms with van der Waals surface area (Å²) < 4.78 is 11.8. The van der Waals surface area contributed by atoms with Gasteiger partial charge in [0.1, 0.15) is 11.5 Å². The van der Waals surface area contributed by atoms with Crippen LogP contribution in [0.15, 0.2) is 42.5 Å². The van der Waals surface area contributed by atoms with Crippen molar-refractivity contribution >= 4 is 17.7 Å². The van der Waals surface area contributed by atoms with Crippen molar-refractivity contribution in [3.05, 3.63) is 59.2 Å². The van der Waals surface area contributed by atoms with Crippen molar-refractivity contribution in [2.24, 2.45) is 11.8 Å². The molecule has 200 valence electrons. The molecule has 1 aliphatic carbocycles. The molecule has 2 fully saturated rings. The number of carbonyl (C=O) groups excluding carboxylic acids is 3. The van der Waals surface area contributed by atoms with E-state index in [0.29, 0.717) is 57.8 Å². The lowest BCUT2D eigenvalue weighted by Gasteiger charge is -2.41. The highest BCUT2D eigenvalue weighted by atomic mass is 16.5. The van der Waals surface area contributed by atoms with Crippen molar-refractivity contribution in [3.8, 4) is 11.5 Å². The second-order valence-corrected chi connectivity index (χ2v) is 10.8. The van der Waals surface area contributed by atoms with Gasteiger partial charge in [-0.25, -0.2) is 0 Å². The van der Waals surface area contributed by atoms with Crippen molar-refractivity contribution in [1.82, 2.24) is 15.1 Å². The average molecular weight is 518 g/mol. The highest BCUT2D eigenvalue weighted by molar-refractivity contribution is 5.83. The lowest BCUT2D eigenvalue weighted by molar-refractivity contribution is -0.142. The molecule has 0 spiro atoms. The minimum Gasteiger partial charge on any atom is -0.494 e. The van der Waals surface area contributed by atoms with Crippen molar-refractivity contribution < 1.29 is 23.9 Å². The first-order valence-corrected chi connectivity index (χ1v) is 13.9. The summed E-state index contributed by atoms with van der Waals surface area (Å²) in [5, 5.41) is 2.87. The fourth-order valence-electron chi connectivity index (χ4n) is 5.92. The van der Waals surface area contributed by atoms with Gasteiger partial charge in [0.2, 0.25) is 11.8 Å². The Bertz CT molecular complexity index is 1220. The molecule has 1 saturated heterocycles. The molecule has 1 N–H and O–H groups in total. The summed E-state index contributed by atoms with van der Waals surface area (Å²) in [6, 6.07) is 13.7. The first kappa shape index (κ1) is 24.8.